The molecule has 25 heavy (non-hydrogen) atoms. The lowest BCUT2D eigenvalue weighted by molar-refractivity contribution is -0.142. The van der Waals surface area contributed by atoms with Crippen molar-refractivity contribution in [3.63, 3.8) is 0 Å². The predicted octanol–water partition coefficient (Wildman–Crippen LogP) is 1.39. The summed E-state index contributed by atoms with van der Waals surface area (Å²) < 4.78 is 14.7. The molecule has 0 atom stereocenters. The van der Waals surface area contributed by atoms with Gasteiger partial charge in [-0.2, -0.15) is 0 Å². The number of carbonyl (C=O) groups is 2. The van der Waals surface area contributed by atoms with Crippen molar-refractivity contribution in [1.82, 2.24) is 20.3 Å². The smallest absolute Gasteiger partial charge is 0.343 e. The summed E-state index contributed by atoms with van der Waals surface area (Å²) >= 11 is 0. The minimum absolute atomic E-state index is 0.177. The van der Waals surface area contributed by atoms with Gasteiger partial charge >= 0.3 is 5.97 Å². The van der Waals surface area contributed by atoms with Crippen LogP contribution in [0.1, 0.15) is 27.2 Å². The number of methoxy groups -OCH3 is 1. The summed E-state index contributed by atoms with van der Waals surface area (Å²) in [6, 6.07) is 1.68. The number of carbonyl (C=O) groups excluding carboxylic acids is 2. The second kappa shape index (κ2) is 5.33. The lowest BCUT2D eigenvalue weighted by atomic mass is 9.97. The fourth-order valence-electron chi connectivity index (χ4n) is 2.81. The van der Waals surface area contributed by atoms with Crippen LogP contribution in [0.25, 0.3) is 22.6 Å². The van der Waals surface area contributed by atoms with Crippen LogP contribution in [0.15, 0.2) is 10.7 Å². The zero-order chi connectivity index (χ0) is 17.7. The van der Waals surface area contributed by atoms with E-state index in [0.29, 0.717) is 22.6 Å². The molecule has 1 aromatic carbocycles. The van der Waals surface area contributed by atoms with E-state index in [4.69, 9.17) is 4.74 Å². The molecule has 0 N–H and O–H groups in total. The Morgan fingerprint density at radius 2 is 1.80 bits per heavy atom. The zero-order valence-electron chi connectivity index (χ0n) is 13.6. The van der Waals surface area contributed by atoms with Crippen molar-refractivity contribution in [3.05, 3.63) is 28.5 Å². The highest BCUT2D eigenvalue weighted by molar-refractivity contribution is 6.21. The molecule has 1 aliphatic carbocycles. The summed E-state index contributed by atoms with van der Waals surface area (Å²) in [4.78, 5) is 32.6. The Bertz CT molecular complexity index is 1060. The van der Waals surface area contributed by atoms with Gasteiger partial charge in [-0.1, -0.05) is 0 Å². The standard InChI is InChI=1S/C16H12N4O5/c1-6-7(2)11-8(4-9(6)24-5-10(21)23-3)12-13(14(11)22)18-16-15(17-12)19-25-20-16/h4H,5H2,1-3H3. The molecule has 0 amide bonds. The maximum Gasteiger partial charge on any atom is 0.343 e. The molecule has 0 radical (unpaired) electrons. The van der Waals surface area contributed by atoms with E-state index in [1.165, 1.54) is 7.11 Å². The van der Waals surface area contributed by atoms with E-state index in [-0.39, 0.29) is 29.4 Å². The van der Waals surface area contributed by atoms with Crippen LogP contribution in [0.5, 0.6) is 5.75 Å². The van der Waals surface area contributed by atoms with Crippen LogP contribution < -0.4 is 4.74 Å². The number of hydrogen-bond acceptors (Lipinski definition) is 9. The molecule has 0 aliphatic heterocycles. The summed E-state index contributed by atoms with van der Waals surface area (Å²) in [6.45, 7) is 3.40. The Balaban J connectivity index is 1.88. The third-order valence-corrected chi connectivity index (χ3v) is 4.24. The summed E-state index contributed by atoms with van der Waals surface area (Å²) in [5, 5.41) is 7.28. The SMILES string of the molecule is COC(=O)COc1cc2c(c(C)c1C)C(=O)c1nc3nonc3nc1-2. The van der Waals surface area contributed by atoms with Gasteiger partial charge in [0, 0.05) is 11.1 Å². The maximum absolute atomic E-state index is 12.8. The molecule has 2 aromatic heterocycles. The van der Waals surface area contributed by atoms with Gasteiger partial charge in [0.25, 0.3) is 0 Å². The van der Waals surface area contributed by atoms with Crippen molar-refractivity contribution < 1.29 is 23.7 Å². The van der Waals surface area contributed by atoms with Crippen LogP contribution in [-0.4, -0.2) is 45.8 Å². The number of benzene rings is 1. The molecule has 9 nitrogen and oxygen atoms in total. The summed E-state index contributed by atoms with van der Waals surface area (Å²) in [5.74, 6) is -0.255. The third-order valence-electron chi connectivity index (χ3n) is 4.24. The Kier molecular flexibility index (Phi) is 3.24. The Morgan fingerprint density at radius 3 is 2.48 bits per heavy atom. The predicted molar refractivity (Wildman–Crippen MR) is 83.2 cm³/mol. The second-order valence-corrected chi connectivity index (χ2v) is 5.57. The summed E-state index contributed by atoms with van der Waals surface area (Å²) in [6.07, 6.45) is 0. The number of ketones is 1. The molecule has 4 rings (SSSR count). The highest BCUT2D eigenvalue weighted by Crippen LogP contribution is 2.41. The van der Waals surface area contributed by atoms with Crippen molar-refractivity contribution in [2.75, 3.05) is 13.7 Å². The Labute approximate surface area is 140 Å². The molecule has 126 valence electrons. The minimum atomic E-state index is -0.496. The Morgan fingerprint density at radius 1 is 1.12 bits per heavy atom. The number of rotatable bonds is 3. The molecule has 9 heteroatoms. The van der Waals surface area contributed by atoms with Gasteiger partial charge in [-0.25, -0.2) is 19.4 Å². The molecule has 2 heterocycles. The van der Waals surface area contributed by atoms with Crippen LogP contribution in [0.2, 0.25) is 0 Å². The highest BCUT2D eigenvalue weighted by Gasteiger charge is 2.34. The summed E-state index contributed by atoms with van der Waals surface area (Å²) in [5.41, 5.74) is 3.59. The van der Waals surface area contributed by atoms with Gasteiger partial charge in [0.1, 0.15) is 17.1 Å². The molecule has 0 saturated heterocycles. The molecule has 0 spiro atoms. The molecule has 0 bridgehead atoms. The molecular formula is C16H12N4O5. The average Bonchev–Trinajstić information content (AvgIpc) is 3.17. The van der Waals surface area contributed by atoms with Gasteiger partial charge in [-0.15, -0.1) is 0 Å². The summed E-state index contributed by atoms with van der Waals surface area (Å²) in [7, 11) is 1.29. The first-order valence-corrected chi connectivity index (χ1v) is 7.40. The van der Waals surface area contributed by atoms with Gasteiger partial charge in [0.15, 0.2) is 6.61 Å². The van der Waals surface area contributed by atoms with E-state index in [9.17, 15) is 9.59 Å². The van der Waals surface area contributed by atoms with Gasteiger partial charge in [0.05, 0.1) is 7.11 Å². The molecular weight excluding hydrogens is 328 g/mol. The molecule has 1 aliphatic rings. The lowest BCUT2D eigenvalue weighted by Gasteiger charge is -2.13. The van der Waals surface area contributed by atoms with E-state index in [1.807, 2.05) is 13.8 Å². The molecule has 0 saturated carbocycles. The van der Waals surface area contributed by atoms with Crippen molar-refractivity contribution in [2.45, 2.75) is 13.8 Å². The Hall–Kier alpha value is -3.36. The second-order valence-electron chi connectivity index (χ2n) is 5.57. The number of aromatic nitrogens is 4. The molecule has 0 fully saturated rings. The molecule has 0 unspecified atom stereocenters. The fraction of sp³-hybridized carbons (Fsp3) is 0.250. The first-order chi connectivity index (χ1) is 12.0. The van der Waals surface area contributed by atoms with Crippen LogP contribution in [-0.2, 0) is 9.53 Å². The normalized spacial score (nSPS) is 12.2. The minimum Gasteiger partial charge on any atom is -0.482 e. The largest absolute Gasteiger partial charge is 0.482 e. The van der Waals surface area contributed by atoms with Gasteiger partial charge < -0.3 is 9.47 Å². The van der Waals surface area contributed by atoms with Gasteiger partial charge in [0.2, 0.25) is 17.1 Å². The lowest BCUT2D eigenvalue weighted by Crippen LogP contribution is -2.13. The van der Waals surface area contributed by atoms with E-state index >= 15 is 0 Å². The number of hydrogen-bond donors (Lipinski definition) is 0. The van der Waals surface area contributed by atoms with Crippen LogP contribution in [0.4, 0.5) is 0 Å². The van der Waals surface area contributed by atoms with E-state index in [2.05, 4.69) is 29.6 Å². The van der Waals surface area contributed by atoms with Gasteiger partial charge in [-0.05, 0) is 41.4 Å². The van der Waals surface area contributed by atoms with Crippen LogP contribution in [0.3, 0.4) is 0 Å². The van der Waals surface area contributed by atoms with Crippen LogP contribution >= 0.6 is 0 Å². The van der Waals surface area contributed by atoms with Gasteiger partial charge in [-0.3, -0.25) is 4.79 Å². The van der Waals surface area contributed by atoms with Crippen molar-refractivity contribution in [3.8, 4) is 17.0 Å². The first-order valence-electron chi connectivity index (χ1n) is 7.40. The maximum atomic E-state index is 12.8. The fourth-order valence-corrected chi connectivity index (χ4v) is 2.81. The number of nitrogens with zero attached hydrogens (tertiary/aromatic N) is 4. The van der Waals surface area contributed by atoms with Crippen LogP contribution in [0, 0.1) is 13.8 Å². The zero-order valence-corrected chi connectivity index (χ0v) is 13.6. The number of ether oxygens (including phenoxy) is 2. The van der Waals surface area contributed by atoms with Crippen molar-refractivity contribution >= 4 is 23.0 Å². The van der Waals surface area contributed by atoms with E-state index < -0.39 is 5.97 Å². The third kappa shape index (κ3) is 2.16. The monoisotopic (exact) mass is 340 g/mol. The first kappa shape index (κ1) is 15.2. The quantitative estimate of drug-likeness (QED) is 0.510. The number of fused-ring (bicyclic) bond motifs is 4. The van der Waals surface area contributed by atoms with Crippen molar-refractivity contribution in [1.29, 1.82) is 0 Å². The van der Waals surface area contributed by atoms with E-state index in [0.717, 1.165) is 11.1 Å². The molecule has 3 aromatic rings. The highest BCUT2D eigenvalue weighted by atomic mass is 16.6. The average molecular weight is 340 g/mol. The van der Waals surface area contributed by atoms with E-state index in [1.54, 1.807) is 6.07 Å². The topological polar surface area (TPSA) is 117 Å². The number of esters is 1. The van der Waals surface area contributed by atoms with Crippen molar-refractivity contribution in [2.24, 2.45) is 0 Å².